The van der Waals surface area contributed by atoms with Crippen LogP contribution in [-0.4, -0.2) is 37.5 Å². The predicted octanol–water partition coefficient (Wildman–Crippen LogP) is 2.48. The Bertz CT molecular complexity index is 509. The van der Waals surface area contributed by atoms with Crippen molar-refractivity contribution >= 4 is 7.67 Å². The molecule has 98 valence electrons. The lowest BCUT2D eigenvalue weighted by Gasteiger charge is -2.30. The fourth-order valence-electron chi connectivity index (χ4n) is 1.47. The second kappa shape index (κ2) is 5.53. The highest BCUT2D eigenvalue weighted by Crippen LogP contribution is 2.51. The Kier molecular flexibility index (Phi) is 4.53. The van der Waals surface area contributed by atoms with Crippen LogP contribution in [0.5, 0.6) is 5.75 Å². The van der Waals surface area contributed by atoms with E-state index in [1.807, 2.05) is 6.92 Å². The van der Waals surface area contributed by atoms with Crippen LogP contribution in [-0.2, 0) is 4.57 Å². The molecule has 0 saturated heterocycles. The van der Waals surface area contributed by atoms with Crippen LogP contribution in [0.2, 0.25) is 0 Å². The van der Waals surface area contributed by atoms with Crippen molar-refractivity contribution in [2.45, 2.75) is 6.92 Å². The van der Waals surface area contributed by atoms with Gasteiger partial charge in [-0.15, -0.1) is 0 Å². The summed E-state index contributed by atoms with van der Waals surface area (Å²) < 4.78 is 21.4. The van der Waals surface area contributed by atoms with E-state index < -0.39 is 7.67 Å². The molecule has 1 aromatic carbocycles. The molecule has 0 unspecified atom stereocenters. The summed E-state index contributed by atoms with van der Waals surface area (Å²) in [5, 5.41) is 8.80. The average Bonchev–Trinajstić information content (AvgIpc) is 2.30. The van der Waals surface area contributed by atoms with Gasteiger partial charge in [-0.1, -0.05) is 0 Å². The van der Waals surface area contributed by atoms with Crippen LogP contribution in [0.25, 0.3) is 0 Å². The molecule has 18 heavy (non-hydrogen) atoms. The van der Waals surface area contributed by atoms with Crippen molar-refractivity contribution in [2.24, 2.45) is 0 Å². The molecule has 0 bridgehead atoms. The molecule has 1 rings (SSSR count). The molecule has 5 nitrogen and oxygen atoms in total. The molecule has 0 saturated carbocycles. The minimum absolute atomic E-state index is 0.528. The van der Waals surface area contributed by atoms with Gasteiger partial charge in [0.25, 0.3) is 0 Å². The zero-order valence-corrected chi connectivity index (χ0v) is 12.2. The normalized spacial score (nSPS) is 11.7. The third-order valence-corrected chi connectivity index (χ3v) is 4.99. The minimum atomic E-state index is -3.05. The van der Waals surface area contributed by atoms with Gasteiger partial charge in [0.2, 0.25) is 0 Å². The maximum atomic E-state index is 12.7. The first kappa shape index (κ1) is 14.7. The van der Waals surface area contributed by atoms with E-state index in [2.05, 4.69) is 6.07 Å². The third kappa shape index (κ3) is 2.91. The van der Waals surface area contributed by atoms with Gasteiger partial charge < -0.3 is 4.52 Å². The lowest BCUT2D eigenvalue weighted by Crippen LogP contribution is -2.24. The van der Waals surface area contributed by atoms with Gasteiger partial charge >= 0.3 is 7.67 Å². The molecule has 0 aliphatic carbocycles. The second-order valence-electron chi connectivity index (χ2n) is 4.37. The van der Waals surface area contributed by atoms with Gasteiger partial charge in [-0.2, -0.15) is 5.26 Å². The topological polar surface area (TPSA) is 56.6 Å². The number of hydrogen-bond donors (Lipinski definition) is 0. The van der Waals surface area contributed by atoms with Gasteiger partial charge in [-0.25, -0.2) is 13.9 Å². The summed E-state index contributed by atoms with van der Waals surface area (Å²) in [6.45, 7) is 1.83. The van der Waals surface area contributed by atoms with Crippen LogP contribution in [0, 0.1) is 18.3 Å². The van der Waals surface area contributed by atoms with Gasteiger partial charge in [0.15, 0.2) is 0 Å². The van der Waals surface area contributed by atoms with Gasteiger partial charge in [0.05, 0.1) is 11.6 Å². The average molecular weight is 267 g/mol. The SMILES string of the molecule is Cc1cc(C#N)ccc1OP(=O)(N(C)C)N(C)C. The van der Waals surface area contributed by atoms with E-state index >= 15 is 0 Å². The maximum absolute atomic E-state index is 12.7. The standard InChI is InChI=1S/C12H18N3O2P/c1-10-8-11(9-13)6-7-12(10)17-18(16,14(2)3)15(4)5/h6-8H,1-5H3. The summed E-state index contributed by atoms with van der Waals surface area (Å²) in [6.07, 6.45) is 0. The van der Waals surface area contributed by atoms with Crippen LogP contribution >= 0.6 is 7.67 Å². The van der Waals surface area contributed by atoms with Crippen LogP contribution in [0.4, 0.5) is 0 Å². The number of hydrogen-bond acceptors (Lipinski definition) is 3. The van der Waals surface area contributed by atoms with Crippen LogP contribution in [0.15, 0.2) is 18.2 Å². The molecule has 0 aromatic heterocycles. The molecular weight excluding hydrogens is 249 g/mol. The van der Waals surface area contributed by atoms with E-state index in [0.29, 0.717) is 11.3 Å². The number of nitrogens with zero attached hydrogens (tertiary/aromatic N) is 3. The van der Waals surface area contributed by atoms with Crippen molar-refractivity contribution in [2.75, 3.05) is 28.2 Å². The fraction of sp³-hybridized carbons (Fsp3) is 0.417. The highest BCUT2D eigenvalue weighted by molar-refractivity contribution is 7.54. The second-order valence-corrected chi connectivity index (χ2v) is 7.13. The molecule has 0 atom stereocenters. The van der Waals surface area contributed by atoms with Crippen molar-refractivity contribution in [3.05, 3.63) is 29.3 Å². The Balaban J connectivity index is 3.11. The van der Waals surface area contributed by atoms with Crippen molar-refractivity contribution in [1.82, 2.24) is 9.34 Å². The van der Waals surface area contributed by atoms with E-state index in [-0.39, 0.29) is 0 Å². The summed E-state index contributed by atoms with van der Waals surface area (Å²) >= 11 is 0. The number of nitriles is 1. The Morgan fingerprint density at radius 2 is 1.78 bits per heavy atom. The fourth-order valence-corrected chi connectivity index (χ4v) is 2.97. The van der Waals surface area contributed by atoms with Gasteiger partial charge in [-0.05, 0) is 58.9 Å². The number of rotatable bonds is 4. The van der Waals surface area contributed by atoms with E-state index in [1.165, 1.54) is 0 Å². The molecular formula is C12H18N3O2P. The molecule has 0 N–H and O–H groups in total. The molecule has 0 spiro atoms. The number of aryl methyl sites for hydroxylation is 1. The molecule has 0 radical (unpaired) electrons. The molecule has 1 aromatic rings. The van der Waals surface area contributed by atoms with Crippen LogP contribution in [0.3, 0.4) is 0 Å². The van der Waals surface area contributed by atoms with E-state index in [9.17, 15) is 4.57 Å². The van der Waals surface area contributed by atoms with Crippen LogP contribution < -0.4 is 4.52 Å². The highest BCUT2D eigenvalue weighted by Gasteiger charge is 2.31. The lowest BCUT2D eigenvalue weighted by molar-refractivity contribution is 0.353. The number of benzene rings is 1. The minimum Gasteiger partial charge on any atom is -0.422 e. The van der Waals surface area contributed by atoms with E-state index in [1.54, 1.807) is 55.7 Å². The van der Waals surface area contributed by atoms with E-state index in [0.717, 1.165) is 5.56 Å². The molecule has 0 amide bonds. The smallest absolute Gasteiger partial charge is 0.394 e. The zero-order valence-electron chi connectivity index (χ0n) is 11.3. The maximum Gasteiger partial charge on any atom is 0.394 e. The Hall–Kier alpha value is -1.34. The van der Waals surface area contributed by atoms with Crippen molar-refractivity contribution in [3.8, 4) is 11.8 Å². The van der Waals surface area contributed by atoms with Gasteiger partial charge in [0, 0.05) is 0 Å². The lowest BCUT2D eigenvalue weighted by atomic mass is 10.1. The summed E-state index contributed by atoms with van der Waals surface area (Å²) in [4.78, 5) is 0. The monoisotopic (exact) mass is 267 g/mol. The summed E-state index contributed by atoms with van der Waals surface area (Å²) in [5.74, 6) is 0.528. The van der Waals surface area contributed by atoms with Gasteiger partial charge in [-0.3, -0.25) is 0 Å². The first-order valence-electron chi connectivity index (χ1n) is 5.47. The molecule has 6 heteroatoms. The molecule has 0 aliphatic rings. The quantitative estimate of drug-likeness (QED) is 0.784. The first-order chi connectivity index (χ1) is 8.31. The van der Waals surface area contributed by atoms with Crippen molar-refractivity contribution in [1.29, 1.82) is 5.26 Å². The molecule has 0 aliphatic heterocycles. The van der Waals surface area contributed by atoms with Crippen LogP contribution in [0.1, 0.15) is 11.1 Å². The summed E-state index contributed by atoms with van der Waals surface area (Å²) in [7, 11) is 3.78. The predicted molar refractivity (Wildman–Crippen MR) is 71.5 cm³/mol. The van der Waals surface area contributed by atoms with Gasteiger partial charge in [0.1, 0.15) is 5.75 Å². The first-order valence-corrected chi connectivity index (χ1v) is 7.00. The highest BCUT2D eigenvalue weighted by atomic mass is 31.2. The van der Waals surface area contributed by atoms with E-state index in [4.69, 9.17) is 9.79 Å². The molecule has 0 fully saturated rings. The third-order valence-electron chi connectivity index (χ3n) is 2.53. The van der Waals surface area contributed by atoms with Crippen molar-refractivity contribution in [3.63, 3.8) is 0 Å². The largest absolute Gasteiger partial charge is 0.422 e. The Labute approximate surface area is 108 Å². The summed E-state index contributed by atoms with van der Waals surface area (Å²) in [5.41, 5.74) is 1.35. The van der Waals surface area contributed by atoms with Crippen molar-refractivity contribution < 1.29 is 9.09 Å². The zero-order chi connectivity index (χ0) is 13.9. The summed E-state index contributed by atoms with van der Waals surface area (Å²) in [6, 6.07) is 7.10. The Morgan fingerprint density at radius 1 is 1.22 bits per heavy atom. The Morgan fingerprint density at radius 3 is 2.17 bits per heavy atom. The molecule has 0 heterocycles.